The van der Waals surface area contributed by atoms with Crippen molar-refractivity contribution in [3.05, 3.63) is 24.8 Å². The van der Waals surface area contributed by atoms with E-state index in [2.05, 4.69) is 19.2 Å². The van der Waals surface area contributed by atoms with Crippen LogP contribution in [0.4, 0.5) is 0 Å². The summed E-state index contributed by atoms with van der Waals surface area (Å²) in [6.45, 7) is 11.9. The maximum Gasteiger partial charge on any atom is 0.111 e. The molecule has 0 amide bonds. The van der Waals surface area contributed by atoms with Gasteiger partial charge in [-0.3, -0.25) is 0 Å². The van der Waals surface area contributed by atoms with Crippen LogP contribution in [-0.4, -0.2) is 30.2 Å². The highest BCUT2D eigenvalue weighted by Crippen LogP contribution is 2.38. The van der Waals surface area contributed by atoms with E-state index in [9.17, 15) is 0 Å². The van der Waals surface area contributed by atoms with E-state index in [4.69, 9.17) is 0 Å². The zero-order valence-corrected chi connectivity index (χ0v) is 7.76. The second-order valence-electron chi connectivity index (χ2n) is 4.20. The standard InChI is InChI=1S/C11H18N/c1-3-7-12-8-4-5-11(12)10(2)6-9-12/h3,11H,1-2,4-9H2/q+1/t11-,12?/m0/s1. The van der Waals surface area contributed by atoms with E-state index in [0.29, 0.717) is 0 Å². The Balaban J connectivity index is 2.22. The third-order valence-corrected chi connectivity index (χ3v) is 3.58. The average molecular weight is 164 g/mol. The summed E-state index contributed by atoms with van der Waals surface area (Å²) < 4.78 is 1.28. The minimum atomic E-state index is 0.781. The van der Waals surface area contributed by atoms with Crippen LogP contribution in [0, 0.1) is 0 Å². The lowest BCUT2D eigenvalue weighted by Gasteiger charge is -2.33. The zero-order chi connectivity index (χ0) is 8.60. The van der Waals surface area contributed by atoms with Gasteiger partial charge in [-0.15, -0.1) is 0 Å². The average Bonchev–Trinajstić information content (AvgIpc) is 2.55. The molecule has 1 unspecified atom stereocenters. The third kappa shape index (κ3) is 0.962. The van der Waals surface area contributed by atoms with Gasteiger partial charge in [0.05, 0.1) is 19.6 Å². The monoisotopic (exact) mass is 164 g/mol. The normalized spacial score (nSPS) is 40.0. The van der Waals surface area contributed by atoms with Crippen LogP contribution in [0.5, 0.6) is 0 Å². The molecule has 0 aromatic carbocycles. The predicted octanol–water partition coefficient (Wildman–Crippen LogP) is 2.11. The van der Waals surface area contributed by atoms with Crippen LogP contribution in [0.25, 0.3) is 0 Å². The van der Waals surface area contributed by atoms with Crippen molar-refractivity contribution < 1.29 is 4.48 Å². The fourth-order valence-electron chi connectivity index (χ4n) is 2.99. The first-order chi connectivity index (χ1) is 5.78. The molecule has 0 radical (unpaired) electrons. The summed E-state index contributed by atoms with van der Waals surface area (Å²) in [6.07, 6.45) is 6.08. The maximum absolute atomic E-state index is 4.17. The van der Waals surface area contributed by atoms with Gasteiger partial charge in [0, 0.05) is 19.3 Å². The molecular formula is C11H18N+. The van der Waals surface area contributed by atoms with E-state index in [1.165, 1.54) is 42.4 Å². The molecule has 66 valence electrons. The lowest BCUT2D eigenvalue weighted by Crippen LogP contribution is -2.47. The smallest absolute Gasteiger partial charge is 0.111 e. The summed E-state index contributed by atoms with van der Waals surface area (Å²) in [5, 5.41) is 0. The Hall–Kier alpha value is -0.560. The minimum Gasteiger partial charge on any atom is -0.314 e. The molecule has 0 aromatic rings. The number of fused-ring (bicyclic) bond motifs is 1. The molecule has 12 heavy (non-hydrogen) atoms. The molecule has 0 aromatic heterocycles. The molecule has 2 rings (SSSR count). The van der Waals surface area contributed by atoms with Crippen molar-refractivity contribution >= 4 is 0 Å². The number of quaternary nitrogens is 1. The number of nitrogens with zero attached hydrogens (tertiary/aromatic N) is 1. The van der Waals surface area contributed by atoms with E-state index < -0.39 is 0 Å². The minimum absolute atomic E-state index is 0.781. The Morgan fingerprint density at radius 2 is 2.33 bits per heavy atom. The third-order valence-electron chi connectivity index (χ3n) is 3.58. The molecule has 1 nitrogen and oxygen atoms in total. The number of hydrogen-bond acceptors (Lipinski definition) is 0. The maximum atomic E-state index is 4.17. The van der Waals surface area contributed by atoms with Crippen LogP contribution in [0.2, 0.25) is 0 Å². The highest BCUT2D eigenvalue weighted by Gasteiger charge is 2.46. The molecule has 2 aliphatic rings. The summed E-state index contributed by atoms with van der Waals surface area (Å²) in [5.41, 5.74) is 1.49. The summed E-state index contributed by atoms with van der Waals surface area (Å²) in [6, 6.07) is 0.781. The largest absolute Gasteiger partial charge is 0.314 e. The molecule has 1 heteroatoms. The first-order valence-electron chi connectivity index (χ1n) is 4.93. The summed E-state index contributed by atoms with van der Waals surface area (Å²) in [5.74, 6) is 0. The number of rotatable bonds is 2. The van der Waals surface area contributed by atoms with E-state index >= 15 is 0 Å². The van der Waals surface area contributed by atoms with Gasteiger partial charge in [0.15, 0.2) is 0 Å². The van der Waals surface area contributed by atoms with E-state index in [0.717, 1.165) is 12.6 Å². The molecule has 2 saturated heterocycles. The van der Waals surface area contributed by atoms with Crippen molar-refractivity contribution in [3.8, 4) is 0 Å². The van der Waals surface area contributed by atoms with Crippen LogP contribution < -0.4 is 0 Å². The van der Waals surface area contributed by atoms with Crippen molar-refractivity contribution in [2.45, 2.75) is 25.3 Å². The fourth-order valence-corrected chi connectivity index (χ4v) is 2.99. The fraction of sp³-hybridized carbons (Fsp3) is 0.636. The molecule has 0 spiro atoms. The van der Waals surface area contributed by atoms with Gasteiger partial charge >= 0.3 is 0 Å². The molecular weight excluding hydrogens is 146 g/mol. The van der Waals surface area contributed by atoms with Gasteiger partial charge < -0.3 is 4.48 Å². The van der Waals surface area contributed by atoms with Gasteiger partial charge in [-0.2, -0.15) is 0 Å². The van der Waals surface area contributed by atoms with Crippen LogP contribution >= 0.6 is 0 Å². The van der Waals surface area contributed by atoms with Gasteiger partial charge in [0.25, 0.3) is 0 Å². The van der Waals surface area contributed by atoms with Crippen LogP contribution in [0.1, 0.15) is 19.3 Å². The SMILES string of the molecule is C=CC[N+]12CCC[C@H]1C(=C)CC2. The topological polar surface area (TPSA) is 0 Å². The van der Waals surface area contributed by atoms with Gasteiger partial charge in [0.1, 0.15) is 6.04 Å². The molecule has 0 bridgehead atoms. The predicted molar refractivity (Wildman–Crippen MR) is 51.8 cm³/mol. The first kappa shape index (κ1) is 8.06. The Labute approximate surface area is 75.0 Å². The molecule has 0 saturated carbocycles. The zero-order valence-electron chi connectivity index (χ0n) is 7.76. The van der Waals surface area contributed by atoms with E-state index in [-0.39, 0.29) is 0 Å². The van der Waals surface area contributed by atoms with Crippen molar-refractivity contribution in [1.82, 2.24) is 0 Å². The Morgan fingerprint density at radius 3 is 3.08 bits per heavy atom. The summed E-state index contributed by atoms with van der Waals surface area (Å²) in [7, 11) is 0. The van der Waals surface area contributed by atoms with E-state index in [1.807, 2.05) is 0 Å². The first-order valence-corrected chi connectivity index (χ1v) is 4.93. The molecule has 2 aliphatic heterocycles. The van der Waals surface area contributed by atoms with Crippen LogP contribution in [0.15, 0.2) is 24.8 Å². The van der Waals surface area contributed by atoms with Gasteiger partial charge in [-0.05, 0) is 11.6 Å². The number of hydrogen-bond donors (Lipinski definition) is 0. The molecule has 2 atom stereocenters. The molecule has 2 fully saturated rings. The molecule has 0 N–H and O–H groups in total. The Bertz CT molecular complexity index is 219. The van der Waals surface area contributed by atoms with E-state index in [1.54, 1.807) is 0 Å². The Morgan fingerprint density at radius 1 is 1.50 bits per heavy atom. The van der Waals surface area contributed by atoms with Gasteiger partial charge in [-0.25, -0.2) is 0 Å². The summed E-state index contributed by atoms with van der Waals surface area (Å²) in [4.78, 5) is 0. The van der Waals surface area contributed by atoms with Crippen LogP contribution in [0.3, 0.4) is 0 Å². The second kappa shape index (κ2) is 2.74. The van der Waals surface area contributed by atoms with Crippen molar-refractivity contribution in [2.24, 2.45) is 0 Å². The Kier molecular flexibility index (Phi) is 1.84. The van der Waals surface area contributed by atoms with Gasteiger partial charge in [-0.1, -0.05) is 13.2 Å². The van der Waals surface area contributed by atoms with Crippen molar-refractivity contribution in [1.29, 1.82) is 0 Å². The highest BCUT2D eigenvalue weighted by atomic mass is 15.4. The lowest BCUT2D eigenvalue weighted by molar-refractivity contribution is -0.919. The second-order valence-corrected chi connectivity index (χ2v) is 4.20. The van der Waals surface area contributed by atoms with Gasteiger partial charge in [0.2, 0.25) is 0 Å². The van der Waals surface area contributed by atoms with Crippen molar-refractivity contribution in [2.75, 3.05) is 19.6 Å². The molecule has 0 aliphatic carbocycles. The quantitative estimate of drug-likeness (QED) is 0.433. The highest BCUT2D eigenvalue weighted by molar-refractivity contribution is 5.09. The van der Waals surface area contributed by atoms with Crippen molar-refractivity contribution in [3.63, 3.8) is 0 Å². The lowest BCUT2D eigenvalue weighted by atomic mass is 10.1. The summed E-state index contributed by atoms with van der Waals surface area (Å²) >= 11 is 0. The van der Waals surface area contributed by atoms with Crippen LogP contribution in [-0.2, 0) is 0 Å². The molecule has 2 heterocycles.